The highest BCUT2D eigenvalue weighted by Gasteiger charge is 2.29. The summed E-state index contributed by atoms with van der Waals surface area (Å²) in [5, 5.41) is 0. The van der Waals surface area contributed by atoms with Crippen molar-refractivity contribution in [3.63, 3.8) is 0 Å². The Hall–Kier alpha value is -3.29. The third-order valence-corrected chi connectivity index (χ3v) is 5.00. The number of halogens is 1. The molecule has 0 saturated carbocycles. The first-order valence-corrected chi connectivity index (χ1v) is 9.54. The smallest absolute Gasteiger partial charge is 0.345 e. The molecule has 1 atom stereocenters. The van der Waals surface area contributed by atoms with Gasteiger partial charge in [-0.2, -0.15) is 4.98 Å². The number of amides is 1. The molecule has 0 aliphatic carbocycles. The molecule has 4 rings (SSSR count). The molecule has 8 heteroatoms. The number of H-pyrrole nitrogens is 1. The largest absolute Gasteiger partial charge is 0.445 e. The fourth-order valence-corrected chi connectivity index (χ4v) is 3.66. The van der Waals surface area contributed by atoms with Crippen LogP contribution in [0.25, 0.3) is 0 Å². The highest BCUT2D eigenvalue weighted by molar-refractivity contribution is 5.92. The van der Waals surface area contributed by atoms with Gasteiger partial charge in [0, 0.05) is 25.2 Å². The van der Waals surface area contributed by atoms with Crippen LogP contribution < -0.4 is 5.69 Å². The highest BCUT2D eigenvalue weighted by Crippen LogP contribution is 2.28. The Morgan fingerprint density at radius 3 is 3.03 bits per heavy atom. The number of piperidine rings is 1. The Labute approximate surface area is 166 Å². The van der Waals surface area contributed by atoms with Crippen LogP contribution in [0.5, 0.6) is 0 Å². The Balaban J connectivity index is 1.46. The van der Waals surface area contributed by atoms with Crippen LogP contribution in [0.4, 0.5) is 4.39 Å². The zero-order valence-corrected chi connectivity index (χ0v) is 16.0. The lowest BCUT2D eigenvalue weighted by Crippen LogP contribution is -2.40. The number of aromatic amines is 1. The molecule has 2 aromatic heterocycles. The number of nitrogens with one attached hydrogen (secondary N) is 1. The molecule has 1 saturated heterocycles. The molecule has 1 aliphatic rings. The van der Waals surface area contributed by atoms with Crippen LogP contribution in [0.3, 0.4) is 0 Å². The molecular weight excluding hydrogens is 375 g/mol. The van der Waals surface area contributed by atoms with E-state index in [1.807, 2.05) is 6.07 Å². The Morgan fingerprint density at radius 1 is 1.38 bits per heavy atom. The minimum absolute atomic E-state index is 0.0305. The second kappa shape index (κ2) is 7.98. The van der Waals surface area contributed by atoms with Gasteiger partial charge >= 0.3 is 5.69 Å². The maximum absolute atomic E-state index is 13.4. The van der Waals surface area contributed by atoms with Gasteiger partial charge in [-0.3, -0.25) is 4.79 Å². The van der Waals surface area contributed by atoms with E-state index in [1.54, 1.807) is 30.2 Å². The van der Waals surface area contributed by atoms with E-state index < -0.39 is 5.69 Å². The van der Waals surface area contributed by atoms with E-state index >= 15 is 0 Å². The van der Waals surface area contributed by atoms with Crippen molar-refractivity contribution < 1.29 is 13.6 Å². The molecule has 29 heavy (non-hydrogen) atoms. The number of likely N-dealkylation sites (tertiary alicyclic amines) is 1. The van der Waals surface area contributed by atoms with E-state index in [-0.39, 0.29) is 23.3 Å². The normalized spacial score (nSPS) is 16.8. The highest BCUT2D eigenvalue weighted by atomic mass is 19.1. The summed E-state index contributed by atoms with van der Waals surface area (Å²) in [6.07, 6.45) is 3.77. The number of rotatable bonds is 4. The summed E-state index contributed by atoms with van der Waals surface area (Å²) in [6, 6.07) is 7.95. The van der Waals surface area contributed by atoms with Crippen molar-refractivity contribution in [2.24, 2.45) is 0 Å². The van der Waals surface area contributed by atoms with Crippen molar-refractivity contribution in [2.75, 3.05) is 13.1 Å². The molecule has 150 valence electrons. The van der Waals surface area contributed by atoms with Crippen LogP contribution in [0.1, 0.15) is 52.2 Å². The van der Waals surface area contributed by atoms with Crippen LogP contribution >= 0.6 is 0 Å². The zero-order valence-electron chi connectivity index (χ0n) is 16.0. The number of aryl methyl sites for hydroxylation is 1. The fraction of sp³-hybridized carbons (Fsp3) is 0.333. The number of nitrogens with zero attached hydrogens (tertiary/aromatic N) is 3. The van der Waals surface area contributed by atoms with Crippen molar-refractivity contribution in [3.05, 3.63) is 81.4 Å². The average Bonchev–Trinajstić information content (AvgIpc) is 3.15. The molecule has 1 amide bonds. The second-order valence-corrected chi connectivity index (χ2v) is 7.32. The van der Waals surface area contributed by atoms with Crippen LogP contribution in [0, 0.1) is 12.7 Å². The van der Waals surface area contributed by atoms with Gasteiger partial charge in [-0.05, 0) is 43.5 Å². The second-order valence-electron chi connectivity index (χ2n) is 7.32. The fourth-order valence-electron chi connectivity index (χ4n) is 3.66. The Bertz CT molecular complexity index is 1090. The summed E-state index contributed by atoms with van der Waals surface area (Å²) in [5.74, 6) is 0.643. The van der Waals surface area contributed by atoms with Gasteiger partial charge in [0.05, 0.1) is 12.1 Å². The molecule has 0 spiro atoms. The van der Waals surface area contributed by atoms with Gasteiger partial charge in [-0.25, -0.2) is 14.2 Å². The molecule has 7 nitrogen and oxygen atoms in total. The molecule has 1 aromatic carbocycles. The number of hydrogen-bond acceptors (Lipinski definition) is 5. The van der Waals surface area contributed by atoms with Gasteiger partial charge in [0.1, 0.15) is 17.3 Å². The number of oxazole rings is 1. The average molecular weight is 396 g/mol. The topological polar surface area (TPSA) is 92.1 Å². The summed E-state index contributed by atoms with van der Waals surface area (Å²) in [7, 11) is 0. The summed E-state index contributed by atoms with van der Waals surface area (Å²) in [4.78, 5) is 36.8. The van der Waals surface area contributed by atoms with E-state index in [0.717, 1.165) is 18.4 Å². The van der Waals surface area contributed by atoms with E-state index in [4.69, 9.17) is 4.42 Å². The summed E-state index contributed by atoms with van der Waals surface area (Å²) < 4.78 is 19.3. The summed E-state index contributed by atoms with van der Waals surface area (Å²) in [5.41, 5.74) is 1.02. The van der Waals surface area contributed by atoms with Crippen LogP contribution in [-0.4, -0.2) is 38.8 Å². The zero-order chi connectivity index (χ0) is 20.4. The van der Waals surface area contributed by atoms with Gasteiger partial charge in [0.15, 0.2) is 5.89 Å². The van der Waals surface area contributed by atoms with Crippen LogP contribution in [0.2, 0.25) is 0 Å². The van der Waals surface area contributed by atoms with Gasteiger partial charge in [-0.15, -0.1) is 0 Å². The molecule has 1 N–H and O–H groups in total. The molecular formula is C21H21FN4O3. The lowest BCUT2D eigenvalue weighted by Gasteiger charge is -2.31. The van der Waals surface area contributed by atoms with Crippen molar-refractivity contribution in [1.29, 1.82) is 0 Å². The number of aromatic nitrogens is 3. The third kappa shape index (κ3) is 4.42. The predicted molar refractivity (Wildman–Crippen MR) is 103 cm³/mol. The minimum Gasteiger partial charge on any atom is -0.445 e. The van der Waals surface area contributed by atoms with E-state index in [2.05, 4.69) is 15.0 Å². The van der Waals surface area contributed by atoms with Crippen molar-refractivity contribution in [3.8, 4) is 0 Å². The molecule has 1 fully saturated rings. The summed E-state index contributed by atoms with van der Waals surface area (Å²) in [6.45, 7) is 2.76. The standard InChI is InChI=1S/C21H21FN4O3/c1-13-8-18(25-21(28)24-13)20(27)26-7-3-5-15(12-26)19-23-11-17(29-19)10-14-4-2-6-16(22)9-14/h2,4,6,8-9,11,15H,3,5,7,10,12H2,1H3,(H,24,25,28)/t15-/m1/s1. The Morgan fingerprint density at radius 2 is 2.24 bits per heavy atom. The maximum Gasteiger partial charge on any atom is 0.345 e. The van der Waals surface area contributed by atoms with E-state index in [1.165, 1.54) is 12.1 Å². The lowest BCUT2D eigenvalue weighted by atomic mass is 9.97. The molecule has 3 aromatic rings. The Kier molecular flexibility index (Phi) is 5.24. The van der Waals surface area contributed by atoms with Gasteiger partial charge in [0.2, 0.25) is 0 Å². The van der Waals surface area contributed by atoms with Crippen LogP contribution in [-0.2, 0) is 6.42 Å². The first-order chi connectivity index (χ1) is 14.0. The van der Waals surface area contributed by atoms with Gasteiger partial charge in [0.25, 0.3) is 5.91 Å². The third-order valence-electron chi connectivity index (χ3n) is 5.00. The summed E-state index contributed by atoms with van der Waals surface area (Å²) >= 11 is 0. The first kappa shape index (κ1) is 19.0. The quantitative estimate of drug-likeness (QED) is 0.732. The van der Waals surface area contributed by atoms with Crippen molar-refractivity contribution in [2.45, 2.75) is 32.1 Å². The van der Waals surface area contributed by atoms with Gasteiger partial charge in [-0.1, -0.05) is 12.1 Å². The number of benzene rings is 1. The SMILES string of the molecule is Cc1cc(C(=O)N2CCC[C@@H](c3ncc(Cc4cccc(F)c4)o3)C2)nc(=O)[nH]1. The van der Waals surface area contributed by atoms with E-state index in [0.29, 0.717) is 36.9 Å². The minimum atomic E-state index is -0.531. The van der Waals surface area contributed by atoms with Crippen molar-refractivity contribution in [1.82, 2.24) is 19.9 Å². The molecule has 3 heterocycles. The van der Waals surface area contributed by atoms with Gasteiger partial charge < -0.3 is 14.3 Å². The van der Waals surface area contributed by atoms with Crippen molar-refractivity contribution >= 4 is 5.91 Å². The van der Waals surface area contributed by atoms with E-state index in [9.17, 15) is 14.0 Å². The molecule has 0 unspecified atom stereocenters. The first-order valence-electron chi connectivity index (χ1n) is 9.54. The molecule has 1 aliphatic heterocycles. The number of hydrogen-bond donors (Lipinski definition) is 1. The number of carbonyl (C=O) groups is 1. The van der Waals surface area contributed by atoms with Crippen LogP contribution in [0.15, 0.2) is 45.7 Å². The molecule has 0 bridgehead atoms. The molecule has 0 radical (unpaired) electrons. The predicted octanol–water partition coefficient (Wildman–Crippen LogP) is 2.82. The monoisotopic (exact) mass is 396 g/mol. The number of carbonyl (C=O) groups excluding carboxylic acids is 1. The lowest BCUT2D eigenvalue weighted by molar-refractivity contribution is 0.0691. The maximum atomic E-state index is 13.4.